The number of rotatable bonds is 3. The van der Waals surface area contributed by atoms with Crippen molar-refractivity contribution in [1.82, 2.24) is 10.2 Å². The van der Waals surface area contributed by atoms with Crippen molar-refractivity contribution in [3.63, 3.8) is 0 Å². The Morgan fingerprint density at radius 1 is 1.44 bits per heavy atom. The van der Waals surface area contributed by atoms with E-state index in [0.29, 0.717) is 6.04 Å². The standard InChI is InChI=1S/C12H24N2O2/c1-9(12(3,4)16)13-11-5-7-14(8-6-11)10(2)15/h9,11,13,16H,5-8H2,1-4H3. The van der Waals surface area contributed by atoms with Gasteiger partial charge in [0.05, 0.1) is 5.60 Å². The number of aliphatic hydroxyl groups is 1. The van der Waals surface area contributed by atoms with Crippen molar-refractivity contribution < 1.29 is 9.90 Å². The summed E-state index contributed by atoms with van der Waals surface area (Å²) in [5.41, 5.74) is -0.697. The zero-order valence-electron chi connectivity index (χ0n) is 10.8. The first-order chi connectivity index (χ1) is 7.30. The molecule has 0 saturated carbocycles. The van der Waals surface area contributed by atoms with E-state index in [1.165, 1.54) is 0 Å². The third kappa shape index (κ3) is 3.76. The summed E-state index contributed by atoms with van der Waals surface area (Å²) in [6.07, 6.45) is 1.94. The SMILES string of the molecule is CC(=O)N1CCC(NC(C)C(C)(C)O)CC1. The molecule has 16 heavy (non-hydrogen) atoms. The quantitative estimate of drug-likeness (QED) is 0.749. The predicted octanol–water partition coefficient (Wildman–Crippen LogP) is 0.746. The number of likely N-dealkylation sites (tertiary alicyclic amines) is 1. The van der Waals surface area contributed by atoms with E-state index in [2.05, 4.69) is 5.32 Å². The molecule has 2 N–H and O–H groups in total. The van der Waals surface area contributed by atoms with Gasteiger partial charge in [0, 0.05) is 32.1 Å². The van der Waals surface area contributed by atoms with Gasteiger partial charge in [0.25, 0.3) is 0 Å². The minimum atomic E-state index is -0.697. The van der Waals surface area contributed by atoms with Gasteiger partial charge in [-0.05, 0) is 33.6 Å². The smallest absolute Gasteiger partial charge is 0.219 e. The molecule has 94 valence electrons. The fourth-order valence-electron chi connectivity index (χ4n) is 1.92. The van der Waals surface area contributed by atoms with Crippen LogP contribution in [0.2, 0.25) is 0 Å². The molecule has 1 aliphatic heterocycles. The Bertz CT molecular complexity index is 240. The molecule has 0 bridgehead atoms. The van der Waals surface area contributed by atoms with Crippen LogP contribution in [0.25, 0.3) is 0 Å². The minimum absolute atomic E-state index is 0.0707. The minimum Gasteiger partial charge on any atom is -0.389 e. The molecule has 0 aromatic heterocycles. The van der Waals surface area contributed by atoms with E-state index >= 15 is 0 Å². The number of amides is 1. The van der Waals surface area contributed by atoms with Crippen molar-refractivity contribution >= 4 is 5.91 Å². The van der Waals surface area contributed by atoms with Gasteiger partial charge in [0.15, 0.2) is 0 Å². The van der Waals surface area contributed by atoms with Crippen LogP contribution in [0.1, 0.15) is 40.5 Å². The van der Waals surface area contributed by atoms with E-state index in [1.807, 2.05) is 25.7 Å². The Kier molecular flexibility index (Phi) is 4.33. The van der Waals surface area contributed by atoms with Crippen LogP contribution in [0.15, 0.2) is 0 Å². The van der Waals surface area contributed by atoms with E-state index < -0.39 is 5.60 Å². The number of hydrogen-bond donors (Lipinski definition) is 2. The molecule has 0 aromatic carbocycles. The van der Waals surface area contributed by atoms with Gasteiger partial charge >= 0.3 is 0 Å². The lowest BCUT2D eigenvalue weighted by Gasteiger charge is -2.36. The summed E-state index contributed by atoms with van der Waals surface area (Å²) in [5, 5.41) is 13.3. The molecular formula is C12H24N2O2. The zero-order valence-corrected chi connectivity index (χ0v) is 10.8. The van der Waals surface area contributed by atoms with Crippen LogP contribution in [0.4, 0.5) is 0 Å². The summed E-state index contributed by atoms with van der Waals surface area (Å²) in [6.45, 7) is 8.90. The monoisotopic (exact) mass is 228 g/mol. The second-order valence-electron chi connectivity index (χ2n) is 5.32. The lowest BCUT2D eigenvalue weighted by Crippen LogP contribution is -2.52. The molecule has 1 fully saturated rings. The van der Waals surface area contributed by atoms with E-state index in [9.17, 15) is 9.90 Å². The Morgan fingerprint density at radius 2 is 1.94 bits per heavy atom. The van der Waals surface area contributed by atoms with E-state index in [4.69, 9.17) is 0 Å². The number of carbonyl (C=O) groups is 1. The maximum Gasteiger partial charge on any atom is 0.219 e. The summed E-state index contributed by atoms with van der Waals surface area (Å²) in [6, 6.07) is 0.485. The first-order valence-corrected chi connectivity index (χ1v) is 6.04. The largest absolute Gasteiger partial charge is 0.389 e. The van der Waals surface area contributed by atoms with Crippen molar-refractivity contribution in [2.75, 3.05) is 13.1 Å². The average Bonchev–Trinajstić information content (AvgIpc) is 2.17. The molecule has 1 atom stereocenters. The van der Waals surface area contributed by atoms with Crippen molar-refractivity contribution in [3.8, 4) is 0 Å². The lowest BCUT2D eigenvalue weighted by molar-refractivity contribution is -0.130. The highest BCUT2D eigenvalue weighted by atomic mass is 16.3. The number of nitrogens with one attached hydrogen (secondary N) is 1. The normalized spacial score (nSPS) is 20.9. The summed E-state index contributed by atoms with van der Waals surface area (Å²) >= 11 is 0. The lowest BCUT2D eigenvalue weighted by atomic mass is 9.97. The Morgan fingerprint density at radius 3 is 2.31 bits per heavy atom. The molecule has 0 aromatic rings. The van der Waals surface area contributed by atoms with Gasteiger partial charge < -0.3 is 15.3 Å². The van der Waals surface area contributed by atoms with Gasteiger partial charge in [-0.15, -0.1) is 0 Å². The van der Waals surface area contributed by atoms with Gasteiger partial charge in [-0.2, -0.15) is 0 Å². The number of carbonyl (C=O) groups excluding carboxylic acids is 1. The molecule has 1 aliphatic rings. The molecule has 4 nitrogen and oxygen atoms in total. The molecule has 1 heterocycles. The first kappa shape index (κ1) is 13.5. The maximum atomic E-state index is 11.2. The van der Waals surface area contributed by atoms with Crippen molar-refractivity contribution in [3.05, 3.63) is 0 Å². The van der Waals surface area contributed by atoms with E-state index in [-0.39, 0.29) is 11.9 Å². The molecule has 1 rings (SSSR count). The highest BCUT2D eigenvalue weighted by Crippen LogP contribution is 2.14. The Balaban J connectivity index is 2.35. The first-order valence-electron chi connectivity index (χ1n) is 6.04. The van der Waals surface area contributed by atoms with E-state index in [0.717, 1.165) is 25.9 Å². The fraction of sp³-hybridized carbons (Fsp3) is 0.917. The summed E-state index contributed by atoms with van der Waals surface area (Å²) in [7, 11) is 0. The van der Waals surface area contributed by atoms with Crippen LogP contribution in [-0.4, -0.2) is 46.7 Å². The average molecular weight is 228 g/mol. The maximum absolute atomic E-state index is 11.2. The molecule has 1 saturated heterocycles. The Hall–Kier alpha value is -0.610. The molecule has 1 unspecified atom stereocenters. The highest BCUT2D eigenvalue weighted by molar-refractivity contribution is 5.73. The zero-order chi connectivity index (χ0) is 12.3. The van der Waals surface area contributed by atoms with E-state index in [1.54, 1.807) is 6.92 Å². The Labute approximate surface area is 98.0 Å². The van der Waals surface area contributed by atoms with Crippen LogP contribution in [0.5, 0.6) is 0 Å². The van der Waals surface area contributed by atoms with Gasteiger partial charge in [0.2, 0.25) is 5.91 Å². The van der Waals surface area contributed by atoms with Gasteiger partial charge in [0.1, 0.15) is 0 Å². The molecule has 4 heteroatoms. The summed E-state index contributed by atoms with van der Waals surface area (Å²) < 4.78 is 0. The summed E-state index contributed by atoms with van der Waals surface area (Å²) in [5.74, 6) is 0.161. The second kappa shape index (κ2) is 5.15. The summed E-state index contributed by atoms with van der Waals surface area (Å²) in [4.78, 5) is 13.0. The third-order valence-corrected chi connectivity index (χ3v) is 3.49. The van der Waals surface area contributed by atoms with Crippen molar-refractivity contribution in [2.45, 2.75) is 58.2 Å². The van der Waals surface area contributed by atoms with Crippen LogP contribution in [-0.2, 0) is 4.79 Å². The van der Waals surface area contributed by atoms with Gasteiger partial charge in [-0.1, -0.05) is 0 Å². The van der Waals surface area contributed by atoms with Crippen LogP contribution < -0.4 is 5.32 Å². The predicted molar refractivity (Wildman–Crippen MR) is 64.2 cm³/mol. The number of nitrogens with zero attached hydrogens (tertiary/aromatic N) is 1. The van der Waals surface area contributed by atoms with Crippen LogP contribution >= 0.6 is 0 Å². The van der Waals surface area contributed by atoms with Gasteiger partial charge in [-0.3, -0.25) is 4.79 Å². The van der Waals surface area contributed by atoms with Crippen LogP contribution in [0, 0.1) is 0 Å². The third-order valence-electron chi connectivity index (χ3n) is 3.49. The topological polar surface area (TPSA) is 52.6 Å². The van der Waals surface area contributed by atoms with Crippen LogP contribution in [0.3, 0.4) is 0 Å². The molecular weight excluding hydrogens is 204 g/mol. The molecule has 1 amide bonds. The van der Waals surface area contributed by atoms with Crippen molar-refractivity contribution in [2.24, 2.45) is 0 Å². The number of hydrogen-bond acceptors (Lipinski definition) is 3. The van der Waals surface area contributed by atoms with Crippen molar-refractivity contribution in [1.29, 1.82) is 0 Å². The highest BCUT2D eigenvalue weighted by Gasteiger charge is 2.27. The van der Waals surface area contributed by atoms with Gasteiger partial charge in [-0.25, -0.2) is 0 Å². The second-order valence-corrected chi connectivity index (χ2v) is 5.32. The molecule has 0 spiro atoms. The fourth-order valence-corrected chi connectivity index (χ4v) is 1.92. The molecule has 0 radical (unpaired) electrons. The number of piperidine rings is 1. The molecule has 0 aliphatic carbocycles.